The molecular weight excluding hydrogens is 231 g/mol. The Balaban J connectivity index is 2.41. The number of likely N-dealkylation sites (tertiary alicyclic amines) is 1. The van der Waals surface area contributed by atoms with Crippen LogP contribution in [-0.4, -0.2) is 43.7 Å². The molecule has 0 aromatic rings. The highest BCUT2D eigenvalue weighted by atomic mass is 19.4. The van der Waals surface area contributed by atoms with E-state index in [4.69, 9.17) is 0 Å². The van der Waals surface area contributed by atoms with Gasteiger partial charge in [-0.25, -0.2) is 0 Å². The largest absolute Gasteiger partial charge is 0.390 e. The van der Waals surface area contributed by atoms with Gasteiger partial charge < -0.3 is 10.2 Å². The van der Waals surface area contributed by atoms with Crippen LogP contribution in [0.25, 0.3) is 0 Å². The molecule has 0 spiro atoms. The third-order valence-corrected chi connectivity index (χ3v) is 2.88. The minimum Gasteiger partial charge on any atom is -0.356 e. The number of aliphatic imine (C=N–C) groups is 1. The van der Waals surface area contributed by atoms with Crippen molar-refractivity contribution in [3.05, 3.63) is 0 Å². The minimum absolute atomic E-state index is 0.118. The van der Waals surface area contributed by atoms with E-state index in [0.29, 0.717) is 5.96 Å². The van der Waals surface area contributed by atoms with E-state index in [9.17, 15) is 13.2 Å². The second-order valence-corrected chi connectivity index (χ2v) is 5.17. The molecule has 1 aliphatic heterocycles. The first-order valence-corrected chi connectivity index (χ1v) is 5.76. The summed E-state index contributed by atoms with van der Waals surface area (Å²) in [5, 5.41) is 2.76. The molecule has 1 N–H and O–H groups in total. The Hall–Kier alpha value is -0.940. The Morgan fingerprint density at radius 2 is 2.06 bits per heavy atom. The molecule has 1 fully saturated rings. The van der Waals surface area contributed by atoms with Crippen molar-refractivity contribution >= 4 is 5.96 Å². The predicted molar refractivity (Wildman–Crippen MR) is 62.0 cm³/mol. The van der Waals surface area contributed by atoms with Crippen LogP contribution in [0.15, 0.2) is 4.99 Å². The number of nitrogens with one attached hydrogen (secondary N) is 1. The van der Waals surface area contributed by atoms with Gasteiger partial charge in [0.25, 0.3) is 0 Å². The van der Waals surface area contributed by atoms with E-state index < -0.39 is 12.6 Å². The maximum Gasteiger partial charge on any atom is 0.390 e. The van der Waals surface area contributed by atoms with E-state index in [-0.39, 0.29) is 12.0 Å². The number of halogens is 3. The van der Waals surface area contributed by atoms with Gasteiger partial charge in [0.05, 0.1) is 6.42 Å². The quantitative estimate of drug-likeness (QED) is 0.602. The van der Waals surface area contributed by atoms with E-state index >= 15 is 0 Å². The lowest BCUT2D eigenvalue weighted by Gasteiger charge is -2.23. The van der Waals surface area contributed by atoms with E-state index in [1.54, 1.807) is 7.05 Å². The first-order valence-electron chi connectivity index (χ1n) is 5.76. The molecular formula is C11H20F3N3. The Morgan fingerprint density at radius 1 is 1.41 bits per heavy atom. The van der Waals surface area contributed by atoms with Crippen LogP contribution in [0, 0.1) is 5.41 Å². The van der Waals surface area contributed by atoms with Gasteiger partial charge in [-0.05, 0) is 11.8 Å². The number of rotatable bonds is 2. The summed E-state index contributed by atoms with van der Waals surface area (Å²) in [5.74, 6) is 0.569. The summed E-state index contributed by atoms with van der Waals surface area (Å²) in [7, 11) is 1.60. The highest BCUT2D eigenvalue weighted by Gasteiger charge is 2.31. The lowest BCUT2D eigenvalue weighted by atomic mass is 9.93. The summed E-state index contributed by atoms with van der Waals surface area (Å²) < 4.78 is 36.1. The van der Waals surface area contributed by atoms with Gasteiger partial charge in [0.15, 0.2) is 5.96 Å². The molecule has 17 heavy (non-hydrogen) atoms. The highest BCUT2D eigenvalue weighted by Crippen LogP contribution is 2.28. The third-order valence-electron chi connectivity index (χ3n) is 2.88. The number of nitrogens with zero attached hydrogens (tertiary/aromatic N) is 2. The van der Waals surface area contributed by atoms with Crippen molar-refractivity contribution in [2.24, 2.45) is 10.4 Å². The molecule has 0 atom stereocenters. The molecule has 6 heteroatoms. The zero-order valence-electron chi connectivity index (χ0n) is 10.6. The number of hydrogen-bond donors (Lipinski definition) is 1. The van der Waals surface area contributed by atoms with Crippen LogP contribution in [0.3, 0.4) is 0 Å². The van der Waals surface area contributed by atoms with Crippen LogP contribution in [0.1, 0.15) is 26.7 Å². The molecule has 1 rings (SSSR count). The van der Waals surface area contributed by atoms with Crippen LogP contribution in [-0.2, 0) is 0 Å². The lowest BCUT2D eigenvalue weighted by molar-refractivity contribution is -0.132. The topological polar surface area (TPSA) is 27.6 Å². The maximum atomic E-state index is 12.0. The minimum atomic E-state index is -4.11. The van der Waals surface area contributed by atoms with Gasteiger partial charge in [-0.2, -0.15) is 13.2 Å². The lowest BCUT2D eigenvalue weighted by Crippen LogP contribution is -2.41. The monoisotopic (exact) mass is 251 g/mol. The number of alkyl halides is 3. The van der Waals surface area contributed by atoms with Crippen molar-refractivity contribution in [1.29, 1.82) is 0 Å². The maximum absolute atomic E-state index is 12.0. The van der Waals surface area contributed by atoms with Crippen LogP contribution in [0.2, 0.25) is 0 Å². The predicted octanol–water partition coefficient (Wildman–Crippen LogP) is 2.25. The van der Waals surface area contributed by atoms with Gasteiger partial charge in [0.2, 0.25) is 0 Å². The first kappa shape index (κ1) is 14.1. The summed E-state index contributed by atoms with van der Waals surface area (Å²) in [4.78, 5) is 6.03. The van der Waals surface area contributed by atoms with Crippen LogP contribution < -0.4 is 5.32 Å². The number of hydrogen-bond acceptors (Lipinski definition) is 1. The summed E-state index contributed by atoms with van der Waals surface area (Å²) in [5.41, 5.74) is 0.210. The summed E-state index contributed by atoms with van der Waals surface area (Å²) in [6.07, 6.45) is -3.91. The molecule has 0 aliphatic carbocycles. The summed E-state index contributed by atoms with van der Waals surface area (Å²) >= 11 is 0. The first-order chi connectivity index (χ1) is 7.73. The molecule has 0 unspecified atom stereocenters. The molecule has 0 bridgehead atoms. The molecule has 1 aliphatic rings. The molecule has 1 heterocycles. The Bertz CT molecular complexity index is 284. The molecule has 1 saturated heterocycles. The molecule has 0 amide bonds. The van der Waals surface area contributed by atoms with E-state index in [2.05, 4.69) is 24.2 Å². The molecule has 0 aromatic heterocycles. The van der Waals surface area contributed by atoms with E-state index in [1.807, 2.05) is 4.90 Å². The van der Waals surface area contributed by atoms with E-state index in [0.717, 1.165) is 19.5 Å². The van der Waals surface area contributed by atoms with Gasteiger partial charge in [-0.15, -0.1) is 0 Å². The SMILES string of the molecule is CN=C(NCCC(F)(F)F)N1CCC(C)(C)C1. The summed E-state index contributed by atoms with van der Waals surface area (Å²) in [6, 6.07) is 0. The second-order valence-electron chi connectivity index (χ2n) is 5.17. The van der Waals surface area contributed by atoms with Gasteiger partial charge >= 0.3 is 6.18 Å². The molecule has 100 valence electrons. The fraction of sp³-hybridized carbons (Fsp3) is 0.909. The van der Waals surface area contributed by atoms with Crippen molar-refractivity contribution in [2.45, 2.75) is 32.9 Å². The van der Waals surface area contributed by atoms with Gasteiger partial charge in [-0.1, -0.05) is 13.8 Å². The van der Waals surface area contributed by atoms with Crippen molar-refractivity contribution < 1.29 is 13.2 Å². The van der Waals surface area contributed by atoms with Crippen LogP contribution >= 0.6 is 0 Å². The molecule has 3 nitrogen and oxygen atoms in total. The Labute approximate surface area is 100 Å². The normalized spacial score (nSPS) is 20.8. The zero-order valence-corrected chi connectivity index (χ0v) is 10.6. The van der Waals surface area contributed by atoms with Gasteiger partial charge in [0.1, 0.15) is 0 Å². The fourth-order valence-corrected chi connectivity index (χ4v) is 1.94. The second kappa shape index (κ2) is 5.14. The standard InChI is InChI=1S/C11H20F3N3/c1-10(2)5-7-17(8-10)9(15-3)16-6-4-11(12,13)14/h4-8H2,1-3H3,(H,15,16). The average Bonchev–Trinajstić information content (AvgIpc) is 2.52. The highest BCUT2D eigenvalue weighted by molar-refractivity contribution is 5.80. The third kappa shape index (κ3) is 4.83. The Kier molecular flexibility index (Phi) is 4.27. The van der Waals surface area contributed by atoms with Crippen molar-refractivity contribution in [1.82, 2.24) is 10.2 Å². The molecule has 0 saturated carbocycles. The smallest absolute Gasteiger partial charge is 0.356 e. The van der Waals surface area contributed by atoms with Crippen molar-refractivity contribution in [3.63, 3.8) is 0 Å². The average molecular weight is 251 g/mol. The Morgan fingerprint density at radius 3 is 2.47 bits per heavy atom. The van der Waals surface area contributed by atoms with Crippen molar-refractivity contribution in [3.8, 4) is 0 Å². The van der Waals surface area contributed by atoms with Crippen LogP contribution in [0.4, 0.5) is 13.2 Å². The number of guanidine groups is 1. The van der Waals surface area contributed by atoms with Gasteiger partial charge in [0, 0.05) is 26.7 Å². The van der Waals surface area contributed by atoms with Crippen molar-refractivity contribution in [2.75, 3.05) is 26.7 Å². The molecule has 0 aromatic carbocycles. The fourth-order valence-electron chi connectivity index (χ4n) is 1.94. The van der Waals surface area contributed by atoms with Gasteiger partial charge in [-0.3, -0.25) is 4.99 Å². The summed E-state index contributed by atoms with van der Waals surface area (Å²) in [6.45, 7) is 5.86. The zero-order chi connectivity index (χ0) is 13.1. The van der Waals surface area contributed by atoms with E-state index in [1.165, 1.54) is 0 Å². The van der Waals surface area contributed by atoms with Crippen LogP contribution in [0.5, 0.6) is 0 Å². The molecule has 0 radical (unpaired) electrons.